The molecule has 168 valence electrons. The first-order chi connectivity index (χ1) is 13.9. The number of aliphatic hydroxyl groups excluding tert-OH is 1. The van der Waals surface area contributed by atoms with Gasteiger partial charge in [0.1, 0.15) is 11.7 Å². The zero-order chi connectivity index (χ0) is 22.0. The zero-order valence-corrected chi connectivity index (χ0v) is 22.1. The number of rotatable bonds is 5. The van der Waals surface area contributed by atoms with Crippen molar-refractivity contribution >= 4 is 21.6 Å². The number of hydrogen-bond donors (Lipinski definition) is 1. The first kappa shape index (κ1) is 22.7. The van der Waals surface area contributed by atoms with Gasteiger partial charge in [-0.15, -0.1) is 0 Å². The van der Waals surface area contributed by atoms with Crippen LogP contribution >= 0.6 is 0 Å². The maximum absolute atomic E-state index is 10.9. The lowest BCUT2D eigenvalue weighted by atomic mass is 9.58. The maximum Gasteiger partial charge on any atom is 0.192 e. The van der Waals surface area contributed by atoms with Crippen LogP contribution in [0, 0.1) is 5.41 Å². The minimum absolute atomic E-state index is 0.102. The van der Waals surface area contributed by atoms with Crippen molar-refractivity contribution in [2.24, 2.45) is 5.41 Å². The molecule has 0 amide bonds. The van der Waals surface area contributed by atoms with Gasteiger partial charge in [-0.1, -0.05) is 82.2 Å². The van der Waals surface area contributed by atoms with Crippen LogP contribution in [-0.2, 0) is 9.16 Å². The Hall–Kier alpha value is -0.466. The zero-order valence-electron chi connectivity index (χ0n) is 20.1. The van der Waals surface area contributed by atoms with Gasteiger partial charge in [-0.2, -0.15) is 0 Å². The summed E-state index contributed by atoms with van der Waals surface area (Å²) in [5.41, 5.74) is 0.204. The molecule has 0 unspecified atom stereocenters. The van der Waals surface area contributed by atoms with Crippen molar-refractivity contribution in [1.82, 2.24) is 0 Å². The first-order valence-corrected chi connectivity index (χ1v) is 17.9. The van der Waals surface area contributed by atoms with Crippen molar-refractivity contribution in [2.75, 3.05) is 6.61 Å². The largest absolute Gasteiger partial charge is 0.411 e. The van der Waals surface area contributed by atoms with E-state index in [-0.39, 0.29) is 34.9 Å². The molecule has 1 aliphatic heterocycles. The highest BCUT2D eigenvalue weighted by Crippen LogP contribution is 2.70. The lowest BCUT2D eigenvalue weighted by molar-refractivity contribution is -0.0275. The second-order valence-corrected chi connectivity index (χ2v) is 21.7. The summed E-state index contributed by atoms with van der Waals surface area (Å²) in [6.07, 6.45) is 5.99. The third-order valence-corrected chi connectivity index (χ3v) is 18.3. The van der Waals surface area contributed by atoms with Gasteiger partial charge < -0.3 is 14.3 Å². The van der Waals surface area contributed by atoms with Crippen molar-refractivity contribution in [3.05, 3.63) is 30.3 Å². The van der Waals surface area contributed by atoms with Crippen LogP contribution in [0.1, 0.15) is 52.9 Å². The van der Waals surface area contributed by atoms with Gasteiger partial charge in [0.05, 0.1) is 20.8 Å². The van der Waals surface area contributed by atoms with E-state index >= 15 is 0 Å². The van der Waals surface area contributed by atoms with E-state index < -0.39 is 16.4 Å². The minimum atomic E-state index is -1.90. The summed E-state index contributed by atoms with van der Waals surface area (Å²) < 4.78 is 13.7. The van der Waals surface area contributed by atoms with Crippen LogP contribution in [0.25, 0.3) is 0 Å². The van der Waals surface area contributed by atoms with E-state index in [2.05, 4.69) is 77.3 Å². The minimum Gasteiger partial charge on any atom is -0.411 e. The molecule has 2 saturated carbocycles. The summed E-state index contributed by atoms with van der Waals surface area (Å²) in [5.74, 6) is 0. The lowest BCUT2D eigenvalue weighted by Gasteiger charge is -2.56. The number of aliphatic hydroxyl groups is 1. The lowest BCUT2D eigenvalue weighted by Crippen LogP contribution is -2.64. The second kappa shape index (κ2) is 7.27. The van der Waals surface area contributed by atoms with Crippen molar-refractivity contribution in [3.63, 3.8) is 0 Å². The molecule has 1 spiro atoms. The molecule has 5 heteroatoms. The van der Waals surface area contributed by atoms with E-state index in [4.69, 9.17) is 9.16 Å². The molecular formula is C25H42O3Si2. The second-order valence-electron chi connectivity index (χ2n) is 12.2. The van der Waals surface area contributed by atoms with E-state index in [1.807, 2.05) is 0 Å². The summed E-state index contributed by atoms with van der Waals surface area (Å²) in [5, 5.41) is 12.6. The smallest absolute Gasteiger partial charge is 0.192 e. The summed E-state index contributed by atoms with van der Waals surface area (Å²) in [6.45, 7) is 17.0. The van der Waals surface area contributed by atoms with E-state index in [0.29, 0.717) is 5.54 Å². The van der Waals surface area contributed by atoms with E-state index in [1.165, 1.54) is 18.0 Å². The molecule has 0 bridgehead atoms. The fourth-order valence-corrected chi connectivity index (χ4v) is 12.0. The van der Waals surface area contributed by atoms with Crippen LogP contribution in [0.3, 0.4) is 0 Å². The Morgan fingerprint density at radius 2 is 1.70 bits per heavy atom. The summed E-state index contributed by atoms with van der Waals surface area (Å²) >= 11 is 0. The maximum atomic E-state index is 10.9. The van der Waals surface area contributed by atoms with Crippen LogP contribution in [0.5, 0.6) is 0 Å². The van der Waals surface area contributed by atoms with E-state index in [9.17, 15) is 5.11 Å². The average molecular weight is 447 g/mol. The molecule has 3 fully saturated rings. The quantitative estimate of drug-likeness (QED) is 0.482. The molecule has 1 saturated heterocycles. The number of benzene rings is 1. The highest BCUT2D eigenvalue weighted by atomic mass is 28.4. The van der Waals surface area contributed by atoms with Gasteiger partial charge in [0.2, 0.25) is 0 Å². The fourth-order valence-electron chi connectivity index (χ4n) is 6.55. The standard InChI is InChI=1S/C25H42O3Si2/c1-23(2,3)30(6,7)28-20-17-21(29(4,5)19-13-9-8-10-14-19)24(18-26)15-11-12-16-25(24)22(20)27-25/h8-10,13-14,20-22,26H,11-12,15-18H2,1-7H3/t20-,21+,22-,24+,25-/m0/s1. The predicted molar refractivity (Wildman–Crippen MR) is 130 cm³/mol. The highest BCUT2D eigenvalue weighted by Gasteiger charge is 2.77. The van der Waals surface area contributed by atoms with Crippen LogP contribution in [-0.4, -0.2) is 45.9 Å². The normalized spacial score (nSPS) is 36.7. The molecule has 30 heavy (non-hydrogen) atoms. The van der Waals surface area contributed by atoms with Gasteiger partial charge >= 0.3 is 0 Å². The molecule has 1 heterocycles. The van der Waals surface area contributed by atoms with Crippen molar-refractivity contribution in [2.45, 2.75) is 107 Å². The SMILES string of the molecule is CC(C)(C)[Si](C)(C)O[C@H]1C[C@@H]([Si](C)(C)c2ccccc2)[C@]2(CO)CCCC[C@@]23O[C@@H]13. The summed E-state index contributed by atoms with van der Waals surface area (Å²) in [6, 6.07) is 11.1. The van der Waals surface area contributed by atoms with Gasteiger partial charge in [-0.3, -0.25) is 0 Å². The third kappa shape index (κ3) is 3.22. The van der Waals surface area contributed by atoms with Crippen molar-refractivity contribution in [1.29, 1.82) is 0 Å². The molecule has 1 aromatic carbocycles. The molecule has 1 aromatic rings. The molecule has 3 aliphatic rings. The Kier molecular flexibility index (Phi) is 5.51. The molecule has 0 radical (unpaired) electrons. The van der Waals surface area contributed by atoms with Crippen LogP contribution < -0.4 is 5.19 Å². The summed E-state index contributed by atoms with van der Waals surface area (Å²) in [7, 11) is -3.76. The highest BCUT2D eigenvalue weighted by molar-refractivity contribution is 6.91. The van der Waals surface area contributed by atoms with Gasteiger partial charge in [0.25, 0.3) is 0 Å². The number of epoxide rings is 1. The summed E-state index contributed by atoms with van der Waals surface area (Å²) in [4.78, 5) is 0. The Balaban J connectivity index is 1.75. The predicted octanol–water partition coefficient (Wildman–Crippen LogP) is 5.46. The Morgan fingerprint density at radius 1 is 1.07 bits per heavy atom. The van der Waals surface area contributed by atoms with Crippen LogP contribution in [0.15, 0.2) is 30.3 Å². The Labute approximate surface area is 185 Å². The molecule has 1 N–H and O–H groups in total. The third-order valence-electron chi connectivity index (χ3n) is 9.40. The Bertz CT molecular complexity index is 772. The monoisotopic (exact) mass is 446 g/mol. The van der Waals surface area contributed by atoms with Crippen LogP contribution in [0.2, 0.25) is 36.8 Å². The van der Waals surface area contributed by atoms with Crippen molar-refractivity contribution < 1.29 is 14.3 Å². The molecule has 2 aliphatic carbocycles. The van der Waals surface area contributed by atoms with Crippen LogP contribution in [0.4, 0.5) is 0 Å². The first-order valence-electron chi connectivity index (χ1n) is 11.9. The molecule has 0 aromatic heterocycles. The molecule has 3 nitrogen and oxygen atoms in total. The van der Waals surface area contributed by atoms with Crippen molar-refractivity contribution in [3.8, 4) is 0 Å². The van der Waals surface area contributed by atoms with Gasteiger partial charge in [0, 0.05) is 5.41 Å². The van der Waals surface area contributed by atoms with E-state index in [0.717, 1.165) is 19.3 Å². The Morgan fingerprint density at radius 3 is 2.30 bits per heavy atom. The molecular weight excluding hydrogens is 404 g/mol. The topological polar surface area (TPSA) is 42.0 Å². The average Bonchev–Trinajstić information content (AvgIpc) is 3.42. The number of ether oxygens (including phenoxy) is 1. The fraction of sp³-hybridized carbons (Fsp3) is 0.760. The van der Waals surface area contributed by atoms with E-state index in [1.54, 1.807) is 0 Å². The molecule has 5 atom stereocenters. The molecule has 4 rings (SSSR count). The van der Waals surface area contributed by atoms with Gasteiger partial charge in [0.15, 0.2) is 8.32 Å². The number of hydrogen-bond acceptors (Lipinski definition) is 3. The van der Waals surface area contributed by atoms with Gasteiger partial charge in [-0.05, 0) is 42.9 Å². The van der Waals surface area contributed by atoms with Gasteiger partial charge in [-0.25, -0.2) is 0 Å².